The fraction of sp³-hybridized carbons (Fsp3) is 0.300. The maximum absolute atomic E-state index is 12.3. The van der Waals surface area contributed by atoms with Gasteiger partial charge in [0.25, 0.3) is 5.91 Å². The Morgan fingerprint density at radius 3 is 2.75 bits per heavy atom. The van der Waals surface area contributed by atoms with Crippen LogP contribution in [0.25, 0.3) is 0 Å². The molecular formula is C20H18BrClN2O4. The number of carbonyl (C=O) groups excluding carboxylic acids is 2. The minimum atomic E-state index is -0.333. The van der Waals surface area contributed by atoms with E-state index < -0.39 is 0 Å². The molecule has 0 N–H and O–H groups in total. The molecule has 2 amide bonds. The molecule has 2 aliphatic heterocycles. The van der Waals surface area contributed by atoms with Crippen LogP contribution in [0.15, 0.2) is 46.9 Å². The van der Waals surface area contributed by atoms with Crippen LogP contribution >= 0.6 is 27.5 Å². The first-order chi connectivity index (χ1) is 13.5. The number of amides is 2. The number of rotatable bonds is 4. The molecule has 1 saturated heterocycles. The van der Waals surface area contributed by atoms with Crippen molar-refractivity contribution in [2.24, 2.45) is 5.92 Å². The van der Waals surface area contributed by atoms with Crippen molar-refractivity contribution in [3.05, 3.63) is 57.5 Å². The predicted molar refractivity (Wildman–Crippen MR) is 109 cm³/mol. The van der Waals surface area contributed by atoms with Crippen LogP contribution < -0.4 is 9.64 Å². The third kappa shape index (κ3) is 3.95. The second-order valence-electron chi connectivity index (χ2n) is 6.84. The number of carbonyl (C=O) groups is 2. The SMILES string of the molecule is O=C(OCc1ccccc1)N1CC(CN2C(=O)COc3cc(Br)c(Cl)cc32)C1. The molecule has 2 aromatic carbocycles. The lowest BCUT2D eigenvalue weighted by molar-refractivity contribution is -0.121. The maximum Gasteiger partial charge on any atom is 0.410 e. The highest BCUT2D eigenvalue weighted by molar-refractivity contribution is 9.10. The summed E-state index contributed by atoms with van der Waals surface area (Å²) in [6.45, 7) is 1.87. The summed E-state index contributed by atoms with van der Waals surface area (Å²) in [5, 5.41) is 0.516. The molecule has 0 aromatic heterocycles. The van der Waals surface area contributed by atoms with E-state index in [1.54, 1.807) is 21.9 Å². The van der Waals surface area contributed by atoms with Gasteiger partial charge in [0.05, 0.1) is 10.7 Å². The second-order valence-corrected chi connectivity index (χ2v) is 8.10. The molecule has 0 bridgehead atoms. The molecule has 0 unspecified atom stereocenters. The summed E-state index contributed by atoms with van der Waals surface area (Å²) in [7, 11) is 0. The van der Waals surface area contributed by atoms with E-state index >= 15 is 0 Å². The Kier molecular flexibility index (Phi) is 5.46. The molecule has 0 aliphatic carbocycles. The van der Waals surface area contributed by atoms with E-state index in [4.69, 9.17) is 21.1 Å². The van der Waals surface area contributed by atoms with Crippen LogP contribution in [0.3, 0.4) is 0 Å². The van der Waals surface area contributed by atoms with Gasteiger partial charge in [-0.15, -0.1) is 0 Å². The summed E-state index contributed by atoms with van der Waals surface area (Å²) in [5.74, 6) is 0.687. The number of hydrogen-bond acceptors (Lipinski definition) is 4. The van der Waals surface area contributed by atoms with Gasteiger partial charge in [-0.1, -0.05) is 41.9 Å². The zero-order valence-electron chi connectivity index (χ0n) is 14.9. The van der Waals surface area contributed by atoms with Gasteiger partial charge in [0.2, 0.25) is 0 Å². The first-order valence-electron chi connectivity index (χ1n) is 8.89. The van der Waals surface area contributed by atoms with Gasteiger partial charge in [-0.3, -0.25) is 4.79 Å². The molecule has 8 heteroatoms. The topological polar surface area (TPSA) is 59.1 Å². The maximum atomic E-state index is 12.3. The number of anilines is 1. The lowest BCUT2D eigenvalue weighted by Crippen LogP contribution is -2.55. The Morgan fingerprint density at radius 2 is 2.00 bits per heavy atom. The van der Waals surface area contributed by atoms with Crippen LogP contribution in [-0.4, -0.2) is 43.1 Å². The van der Waals surface area contributed by atoms with Crippen LogP contribution in [0.4, 0.5) is 10.5 Å². The van der Waals surface area contributed by atoms with Crippen LogP contribution in [0.5, 0.6) is 5.75 Å². The molecule has 1 fully saturated rings. The number of nitrogens with zero attached hydrogens (tertiary/aromatic N) is 2. The van der Waals surface area contributed by atoms with Crippen LogP contribution in [-0.2, 0) is 16.1 Å². The quantitative estimate of drug-likeness (QED) is 0.682. The summed E-state index contributed by atoms with van der Waals surface area (Å²) in [4.78, 5) is 27.8. The van der Waals surface area contributed by atoms with Crippen molar-refractivity contribution >= 4 is 45.2 Å². The Labute approximate surface area is 176 Å². The van der Waals surface area contributed by atoms with Crippen LogP contribution in [0, 0.1) is 5.92 Å². The van der Waals surface area contributed by atoms with Crippen molar-refractivity contribution in [1.29, 1.82) is 0 Å². The summed E-state index contributed by atoms with van der Waals surface area (Å²) in [5.41, 5.74) is 1.61. The highest BCUT2D eigenvalue weighted by atomic mass is 79.9. The van der Waals surface area contributed by atoms with E-state index in [0.29, 0.717) is 36.1 Å². The van der Waals surface area contributed by atoms with Crippen molar-refractivity contribution in [3.8, 4) is 5.75 Å². The number of hydrogen-bond donors (Lipinski definition) is 0. The molecule has 28 heavy (non-hydrogen) atoms. The zero-order chi connectivity index (χ0) is 19.7. The number of halogens is 2. The summed E-state index contributed by atoms with van der Waals surface area (Å²) in [6.07, 6.45) is -0.333. The Morgan fingerprint density at radius 1 is 1.25 bits per heavy atom. The average molecular weight is 466 g/mol. The minimum absolute atomic E-state index is 0.00335. The standard InChI is InChI=1S/C20H18BrClN2O4/c21-15-6-18-17(7-16(15)22)24(19(25)12-27-18)10-14-8-23(9-14)20(26)28-11-13-4-2-1-3-5-13/h1-7,14H,8-12H2. The van der Waals surface area contributed by atoms with Crippen molar-refractivity contribution in [2.75, 3.05) is 31.1 Å². The molecule has 146 valence electrons. The molecule has 2 aliphatic rings. The normalized spacial score (nSPS) is 16.3. The van der Waals surface area contributed by atoms with Crippen molar-refractivity contribution < 1.29 is 19.1 Å². The van der Waals surface area contributed by atoms with E-state index in [1.165, 1.54) is 0 Å². The van der Waals surface area contributed by atoms with E-state index in [9.17, 15) is 9.59 Å². The van der Waals surface area contributed by atoms with Crippen molar-refractivity contribution in [1.82, 2.24) is 4.90 Å². The summed E-state index contributed by atoms with van der Waals surface area (Å²) in [6, 6.07) is 13.1. The molecule has 0 spiro atoms. The third-order valence-corrected chi connectivity index (χ3v) is 6.00. The number of fused-ring (bicyclic) bond motifs is 1. The van der Waals surface area contributed by atoms with Crippen molar-refractivity contribution in [3.63, 3.8) is 0 Å². The average Bonchev–Trinajstić information content (AvgIpc) is 2.66. The largest absolute Gasteiger partial charge is 0.482 e. The molecule has 0 atom stereocenters. The monoisotopic (exact) mass is 464 g/mol. The minimum Gasteiger partial charge on any atom is -0.482 e. The van der Waals surface area contributed by atoms with Gasteiger partial charge in [-0.25, -0.2) is 4.79 Å². The molecule has 4 rings (SSSR count). The molecule has 0 saturated carbocycles. The van der Waals surface area contributed by atoms with Gasteiger partial charge in [-0.2, -0.15) is 0 Å². The highest BCUT2D eigenvalue weighted by Crippen LogP contribution is 2.39. The molecule has 2 aromatic rings. The Hall–Kier alpha value is -2.25. The first-order valence-corrected chi connectivity index (χ1v) is 10.1. The summed E-state index contributed by atoms with van der Waals surface area (Å²) < 4.78 is 11.6. The first kappa shape index (κ1) is 19.1. The Balaban J connectivity index is 1.33. The van der Waals surface area contributed by atoms with Gasteiger partial charge >= 0.3 is 6.09 Å². The molecular weight excluding hydrogens is 448 g/mol. The fourth-order valence-electron chi connectivity index (χ4n) is 3.30. The second kappa shape index (κ2) is 8.01. The van der Waals surface area contributed by atoms with Gasteiger partial charge in [0.1, 0.15) is 12.4 Å². The lowest BCUT2D eigenvalue weighted by atomic mass is 9.99. The number of benzene rings is 2. The van der Waals surface area contributed by atoms with Crippen LogP contribution in [0.2, 0.25) is 5.02 Å². The summed E-state index contributed by atoms with van der Waals surface area (Å²) >= 11 is 9.55. The number of ether oxygens (including phenoxy) is 2. The van der Waals surface area contributed by atoms with E-state index in [1.807, 2.05) is 30.3 Å². The molecule has 0 radical (unpaired) electrons. The lowest BCUT2D eigenvalue weighted by Gasteiger charge is -2.41. The van der Waals surface area contributed by atoms with Crippen LogP contribution in [0.1, 0.15) is 5.56 Å². The number of likely N-dealkylation sites (tertiary alicyclic amines) is 1. The van der Waals surface area contributed by atoms with Gasteiger partial charge in [0.15, 0.2) is 6.61 Å². The van der Waals surface area contributed by atoms with Gasteiger partial charge in [-0.05, 0) is 33.6 Å². The predicted octanol–water partition coefficient (Wildman–Crippen LogP) is 4.10. The third-order valence-electron chi connectivity index (χ3n) is 4.81. The van der Waals surface area contributed by atoms with E-state index in [0.717, 1.165) is 10.0 Å². The van der Waals surface area contributed by atoms with Crippen molar-refractivity contribution in [2.45, 2.75) is 6.61 Å². The molecule has 2 heterocycles. The van der Waals surface area contributed by atoms with Gasteiger partial charge < -0.3 is 19.3 Å². The van der Waals surface area contributed by atoms with E-state index in [-0.39, 0.29) is 31.1 Å². The smallest absolute Gasteiger partial charge is 0.410 e. The fourth-order valence-corrected chi connectivity index (χ4v) is 3.78. The van der Waals surface area contributed by atoms with Gasteiger partial charge in [0, 0.05) is 30.0 Å². The molecule has 6 nitrogen and oxygen atoms in total. The van der Waals surface area contributed by atoms with E-state index in [2.05, 4.69) is 15.9 Å². The highest BCUT2D eigenvalue weighted by Gasteiger charge is 2.36. The Bertz CT molecular complexity index is 903. The zero-order valence-corrected chi connectivity index (χ0v) is 17.3.